The van der Waals surface area contributed by atoms with Gasteiger partial charge in [-0.1, -0.05) is 12.8 Å². The zero-order valence-electron chi connectivity index (χ0n) is 9.58. The lowest BCUT2D eigenvalue weighted by Gasteiger charge is -2.28. The number of nitrogens with zero attached hydrogens (tertiary/aromatic N) is 1. The van der Waals surface area contributed by atoms with Gasteiger partial charge >= 0.3 is 0 Å². The molecule has 1 aliphatic rings. The van der Waals surface area contributed by atoms with E-state index in [1.807, 2.05) is 0 Å². The molecular weight excluding hydrogens is 286 g/mol. The van der Waals surface area contributed by atoms with Crippen LogP contribution in [-0.2, 0) is 6.54 Å². The van der Waals surface area contributed by atoms with Crippen LogP contribution >= 0.6 is 27.3 Å². The molecule has 90 valence electrons. The Bertz CT molecular complexity index is 347. The van der Waals surface area contributed by atoms with E-state index in [0.29, 0.717) is 0 Å². The quantitative estimate of drug-likeness (QED) is 0.923. The highest BCUT2D eigenvalue weighted by molar-refractivity contribution is 9.11. The molecule has 2 nitrogen and oxygen atoms in total. The van der Waals surface area contributed by atoms with Crippen LogP contribution in [0.1, 0.15) is 31.2 Å². The summed E-state index contributed by atoms with van der Waals surface area (Å²) in [6.07, 6.45) is 4.28. The molecule has 1 aliphatic carbocycles. The summed E-state index contributed by atoms with van der Waals surface area (Å²) < 4.78 is 1.18. The standard InChI is InChI=1S/C12H18BrNOS/c1-14(7-10-6-11(13)16-8-10)9-12(15)4-2-3-5-12/h6,8,15H,2-5,7,9H2,1H3. The second-order valence-electron chi connectivity index (χ2n) is 4.86. The first-order valence-corrected chi connectivity index (χ1v) is 7.38. The zero-order valence-corrected chi connectivity index (χ0v) is 12.0. The Hall–Kier alpha value is 0.1000. The molecule has 0 spiro atoms. The van der Waals surface area contributed by atoms with Crippen LogP contribution in [0.15, 0.2) is 15.2 Å². The van der Waals surface area contributed by atoms with Crippen molar-refractivity contribution in [2.24, 2.45) is 0 Å². The van der Waals surface area contributed by atoms with E-state index < -0.39 is 5.60 Å². The lowest BCUT2D eigenvalue weighted by atomic mass is 10.0. The molecule has 4 heteroatoms. The van der Waals surface area contributed by atoms with Crippen LogP contribution in [0.3, 0.4) is 0 Å². The first-order valence-electron chi connectivity index (χ1n) is 5.71. The molecule has 1 N–H and O–H groups in total. The first-order chi connectivity index (χ1) is 7.57. The van der Waals surface area contributed by atoms with Crippen molar-refractivity contribution in [3.05, 3.63) is 20.8 Å². The average Bonchev–Trinajstić information content (AvgIpc) is 2.75. The van der Waals surface area contributed by atoms with Gasteiger partial charge in [-0.2, -0.15) is 0 Å². The van der Waals surface area contributed by atoms with E-state index in [-0.39, 0.29) is 0 Å². The number of hydrogen-bond acceptors (Lipinski definition) is 3. The lowest BCUT2D eigenvalue weighted by molar-refractivity contribution is 0.0145. The summed E-state index contributed by atoms with van der Waals surface area (Å²) in [5, 5.41) is 12.5. The van der Waals surface area contributed by atoms with Gasteiger partial charge in [0.15, 0.2) is 0 Å². The Labute approximate surface area is 109 Å². The monoisotopic (exact) mass is 303 g/mol. The van der Waals surface area contributed by atoms with Gasteiger partial charge < -0.3 is 5.11 Å². The molecule has 1 saturated carbocycles. The van der Waals surface area contributed by atoms with Crippen LogP contribution in [0.25, 0.3) is 0 Å². The molecular formula is C12H18BrNOS. The maximum absolute atomic E-state index is 10.3. The number of rotatable bonds is 4. The summed E-state index contributed by atoms with van der Waals surface area (Å²) in [5.74, 6) is 0. The van der Waals surface area contributed by atoms with Crippen LogP contribution in [-0.4, -0.2) is 29.2 Å². The smallest absolute Gasteiger partial charge is 0.0774 e. The highest BCUT2D eigenvalue weighted by Gasteiger charge is 2.32. The average molecular weight is 304 g/mol. The molecule has 1 fully saturated rings. The lowest BCUT2D eigenvalue weighted by Crippen LogP contribution is -2.38. The second kappa shape index (κ2) is 5.17. The second-order valence-corrected chi connectivity index (χ2v) is 7.15. The fraction of sp³-hybridized carbons (Fsp3) is 0.667. The summed E-state index contributed by atoms with van der Waals surface area (Å²) in [5.41, 5.74) is 0.892. The third-order valence-corrected chi connectivity index (χ3v) is 4.73. The molecule has 0 aromatic carbocycles. The van der Waals surface area contributed by atoms with Crippen LogP contribution in [0.5, 0.6) is 0 Å². The zero-order chi connectivity index (χ0) is 11.6. The molecule has 0 atom stereocenters. The van der Waals surface area contributed by atoms with Crippen LogP contribution in [0.2, 0.25) is 0 Å². The fourth-order valence-corrected chi connectivity index (χ4v) is 3.69. The highest BCUT2D eigenvalue weighted by Crippen LogP contribution is 2.30. The number of thiophene rings is 1. The third-order valence-electron chi connectivity index (χ3n) is 3.17. The summed E-state index contributed by atoms with van der Waals surface area (Å²) >= 11 is 5.19. The molecule has 2 rings (SSSR count). The fourth-order valence-electron chi connectivity index (χ4n) is 2.49. The SMILES string of the molecule is CN(Cc1csc(Br)c1)CC1(O)CCCC1. The Morgan fingerprint density at radius 1 is 1.50 bits per heavy atom. The number of halogens is 1. The van der Waals surface area contributed by atoms with E-state index in [0.717, 1.165) is 25.9 Å². The minimum absolute atomic E-state index is 0.429. The third kappa shape index (κ3) is 3.29. The van der Waals surface area contributed by atoms with Gasteiger partial charge in [0.2, 0.25) is 0 Å². The van der Waals surface area contributed by atoms with Crippen molar-refractivity contribution in [3.63, 3.8) is 0 Å². The first kappa shape index (κ1) is 12.6. The van der Waals surface area contributed by atoms with E-state index in [4.69, 9.17) is 0 Å². The van der Waals surface area contributed by atoms with Crippen LogP contribution in [0, 0.1) is 0 Å². The summed E-state index contributed by atoms with van der Waals surface area (Å²) in [6, 6.07) is 2.15. The number of hydrogen-bond donors (Lipinski definition) is 1. The van der Waals surface area contributed by atoms with Gasteiger partial charge in [-0.05, 0) is 52.8 Å². The molecule has 0 aliphatic heterocycles. The van der Waals surface area contributed by atoms with Gasteiger partial charge in [0.25, 0.3) is 0 Å². The summed E-state index contributed by atoms with van der Waals surface area (Å²) in [4.78, 5) is 2.22. The molecule has 1 aromatic rings. The maximum Gasteiger partial charge on any atom is 0.0774 e. The predicted octanol–water partition coefficient (Wildman–Crippen LogP) is 3.25. The van der Waals surface area contributed by atoms with E-state index in [9.17, 15) is 5.11 Å². The molecule has 0 bridgehead atoms. The van der Waals surface area contributed by atoms with E-state index in [1.54, 1.807) is 11.3 Å². The Balaban J connectivity index is 1.86. The van der Waals surface area contributed by atoms with E-state index >= 15 is 0 Å². The van der Waals surface area contributed by atoms with Crippen molar-refractivity contribution in [3.8, 4) is 0 Å². The molecule has 1 aromatic heterocycles. The van der Waals surface area contributed by atoms with Crippen molar-refractivity contribution < 1.29 is 5.11 Å². The molecule has 0 unspecified atom stereocenters. The predicted molar refractivity (Wildman–Crippen MR) is 71.8 cm³/mol. The van der Waals surface area contributed by atoms with Gasteiger partial charge in [0.1, 0.15) is 0 Å². The van der Waals surface area contributed by atoms with Crippen molar-refractivity contribution in [1.82, 2.24) is 4.90 Å². The van der Waals surface area contributed by atoms with Gasteiger partial charge in [0, 0.05) is 13.1 Å². The van der Waals surface area contributed by atoms with Gasteiger partial charge in [-0.25, -0.2) is 0 Å². The normalized spacial score (nSPS) is 19.5. The van der Waals surface area contributed by atoms with Crippen molar-refractivity contribution in [2.45, 2.75) is 37.8 Å². The van der Waals surface area contributed by atoms with Gasteiger partial charge in [-0.3, -0.25) is 4.90 Å². The van der Waals surface area contributed by atoms with Crippen molar-refractivity contribution in [2.75, 3.05) is 13.6 Å². The number of likely N-dealkylation sites (N-methyl/N-ethyl adjacent to an activating group) is 1. The maximum atomic E-state index is 10.3. The van der Waals surface area contributed by atoms with Gasteiger partial charge in [0.05, 0.1) is 9.39 Å². The molecule has 16 heavy (non-hydrogen) atoms. The Kier molecular flexibility index (Phi) is 4.06. The highest BCUT2D eigenvalue weighted by atomic mass is 79.9. The summed E-state index contributed by atoms with van der Waals surface area (Å²) in [6.45, 7) is 1.71. The largest absolute Gasteiger partial charge is 0.389 e. The van der Waals surface area contributed by atoms with Crippen molar-refractivity contribution in [1.29, 1.82) is 0 Å². The van der Waals surface area contributed by atoms with Crippen LogP contribution < -0.4 is 0 Å². The Morgan fingerprint density at radius 3 is 2.75 bits per heavy atom. The molecule has 0 amide bonds. The number of aliphatic hydroxyl groups is 1. The minimum atomic E-state index is -0.429. The molecule has 1 heterocycles. The molecule has 0 saturated heterocycles. The van der Waals surface area contributed by atoms with Crippen molar-refractivity contribution >= 4 is 27.3 Å². The Morgan fingerprint density at radius 2 is 2.19 bits per heavy atom. The molecule has 0 radical (unpaired) electrons. The minimum Gasteiger partial charge on any atom is -0.389 e. The van der Waals surface area contributed by atoms with Crippen LogP contribution in [0.4, 0.5) is 0 Å². The van der Waals surface area contributed by atoms with E-state index in [1.165, 1.54) is 22.2 Å². The summed E-state index contributed by atoms with van der Waals surface area (Å²) in [7, 11) is 2.09. The van der Waals surface area contributed by atoms with E-state index in [2.05, 4.69) is 39.3 Å². The van der Waals surface area contributed by atoms with Gasteiger partial charge in [-0.15, -0.1) is 11.3 Å². The topological polar surface area (TPSA) is 23.5 Å².